The molecule has 8 N–H and O–H groups in total. The Kier molecular flexibility index (Phi) is 28.4. The van der Waals surface area contributed by atoms with Gasteiger partial charge in [0.1, 0.15) is 20.2 Å². The van der Waals surface area contributed by atoms with Crippen molar-refractivity contribution in [2.24, 2.45) is 0 Å². The molecule has 2 aromatic heterocycles. The predicted molar refractivity (Wildman–Crippen MR) is 217 cm³/mol. The van der Waals surface area contributed by atoms with Crippen LogP contribution in [0.4, 0.5) is 58.4 Å². The van der Waals surface area contributed by atoms with Gasteiger partial charge >= 0.3 is 75.4 Å². The molecule has 68 heavy (non-hydrogen) atoms. The number of nitrogens with zero attached hydrogens (tertiary/aromatic N) is 8. The van der Waals surface area contributed by atoms with Crippen LogP contribution in [0.1, 0.15) is 0 Å². The van der Waals surface area contributed by atoms with E-state index in [0.717, 1.165) is 30.3 Å². The monoisotopic (exact) mass is 998 g/mol. The number of anilines is 10. The molecule has 0 atom stereocenters. The van der Waals surface area contributed by atoms with Crippen LogP contribution in [-0.4, -0.2) is 129 Å². The van der Waals surface area contributed by atoms with Crippen molar-refractivity contribution in [2.75, 3.05) is 83.7 Å². The quantitative estimate of drug-likeness (QED) is 0.00838. The molecule has 346 valence electrons. The first-order valence-electron chi connectivity index (χ1n) is 17.8. The summed E-state index contributed by atoms with van der Waals surface area (Å²) in [7, 11) is -10.1. The Morgan fingerprint density at radius 3 is 1.44 bits per heavy atom. The van der Waals surface area contributed by atoms with Crippen molar-refractivity contribution in [2.45, 2.75) is 19.6 Å². The molecule has 2 heterocycles. The summed E-state index contributed by atoms with van der Waals surface area (Å²) in [6.45, 7) is -1.78. The maximum Gasteiger partial charge on any atom is 1.00 e. The number of aliphatic hydroxyl groups is 4. The topological polar surface area (TPSA) is 410 Å². The Morgan fingerprint density at radius 2 is 1.00 bits per heavy atom. The summed E-state index contributed by atoms with van der Waals surface area (Å²) in [5.74, 6) is -1.11. The van der Waals surface area contributed by atoms with E-state index in [1.807, 2.05) is 0 Å². The molecule has 0 fully saturated rings. The fourth-order valence-corrected chi connectivity index (χ4v) is 7.26. The molecule has 0 unspecified atom stereocenters. The van der Waals surface area contributed by atoms with Crippen LogP contribution in [0.2, 0.25) is 0 Å². The first kappa shape index (κ1) is 63.0. The fraction of sp³-hybridized carbons (Fsp3) is 0.250. The number of rotatable bonds is 26. The van der Waals surface area contributed by atoms with E-state index in [1.165, 1.54) is 21.9 Å². The first-order chi connectivity index (χ1) is 30.7. The van der Waals surface area contributed by atoms with Gasteiger partial charge < -0.3 is 71.1 Å². The van der Waals surface area contributed by atoms with Crippen LogP contribution in [0.15, 0.2) is 80.2 Å². The average Bonchev–Trinajstić information content (AvgIpc) is 3.24. The van der Waals surface area contributed by atoms with Gasteiger partial charge in [0.05, 0.1) is 76.6 Å². The van der Waals surface area contributed by atoms with Gasteiger partial charge in [-0.2, -0.15) is 38.6 Å². The van der Waals surface area contributed by atoms with Gasteiger partial charge in [0.25, 0.3) is 0 Å². The number of hydrogen-bond acceptors (Lipinski definition) is 30. The van der Waals surface area contributed by atoms with Crippen molar-refractivity contribution in [3.8, 4) is 0 Å². The van der Waals surface area contributed by atoms with E-state index >= 15 is 0 Å². The van der Waals surface area contributed by atoms with Crippen molar-refractivity contribution in [1.29, 1.82) is 0 Å². The smallest absolute Gasteiger partial charge is 0.744 e. The van der Waals surface area contributed by atoms with Crippen molar-refractivity contribution >= 4 is 103 Å². The molecule has 0 saturated carbocycles. The van der Waals surface area contributed by atoms with E-state index in [1.54, 1.807) is 18.2 Å². The molecule has 5 aromatic rings. The van der Waals surface area contributed by atoms with Gasteiger partial charge in [0.15, 0.2) is 0 Å². The molecule has 28 nitrogen and oxygen atoms in total. The van der Waals surface area contributed by atoms with Crippen molar-refractivity contribution in [3.63, 3.8) is 0 Å². The summed E-state index contributed by atoms with van der Waals surface area (Å²) in [5, 5.41) is 77.9. The molecule has 0 amide bonds. The molecule has 0 spiro atoms. The van der Waals surface area contributed by atoms with Crippen LogP contribution in [0.3, 0.4) is 0 Å². The second-order valence-electron chi connectivity index (χ2n) is 12.2. The van der Waals surface area contributed by atoms with Gasteiger partial charge in [0.2, 0.25) is 35.7 Å². The molecule has 0 radical (unpaired) electrons. The van der Waals surface area contributed by atoms with Gasteiger partial charge in [-0.1, -0.05) is 6.07 Å². The number of aromatic nitrogens is 6. The van der Waals surface area contributed by atoms with Gasteiger partial charge in [0, 0.05) is 42.4 Å². The summed E-state index contributed by atoms with van der Waals surface area (Å²) < 4.78 is 80.7. The first-order valence-corrected chi connectivity index (χ1v) is 22.1. The second-order valence-corrected chi connectivity index (χ2v) is 16.4. The Balaban J connectivity index is 0.00000578. The Hall–Kier alpha value is -3.01. The third-order valence-electron chi connectivity index (χ3n) is 7.93. The van der Waals surface area contributed by atoms with Gasteiger partial charge in [-0.05, 0) is 54.6 Å². The summed E-state index contributed by atoms with van der Waals surface area (Å²) in [5.41, 5.74) is 0.156. The van der Waals surface area contributed by atoms with Crippen LogP contribution in [-0.2, 0) is 39.0 Å². The van der Waals surface area contributed by atoms with Crippen LogP contribution in [0.5, 0.6) is 0 Å². The standard InChI is InChI=1S/C32H38N12O16S4.4Li/c45-12-8-43(9-13-46)31-39-27(37-29(41-31)35-23-18-22(63(51,52)53)5-6-25(23)62-60-58-50)33-19-2-1-3-20(16-19)34-28-38-30(42-32(40-28)44(10-14-47)11-15-48)36-24-17-21(61-59-57-49)4-7-26(24)64(54,55)56;;;;/h1-7,16-18,45-50H,8-15H2,(H,51,52,53)(H,54,55,56)(H2,33,35,37,39,41)(H2,34,36,38,40,42);;;;/q;4*+1/p-4. The summed E-state index contributed by atoms with van der Waals surface area (Å²) in [4.78, 5) is 27.7. The Bertz CT molecular complexity index is 2580. The number of hydrogen-bond donors (Lipinski definition) is 8. The van der Waals surface area contributed by atoms with Crippen LogP contribution in [0, 0.1) is 0 Å². The molecule has 0 saturated heterocycles. The van der Waals surface area contributed by atoms with Gasteiger partial charge in [-0.25, -0.2) is 16.8 Å². The average molecular weight is 999 g/mol. The van der Waals surface area contributed by atoms with E-state index < -0.39 is 43.2 Å². The largest absolute Gasteiger partial charge is 1.00 e. The Labute approximate surface area is 444 Å². The zero-order valence-corrected chi connectivity index (χ0v) is 39.6. The van der Waals surface area contributed by atoms with E-state index in [0.29, 0.717) is 35.5 Å². The molecular formula is C32H34Li4N12O16S4. The maximum absolute atomic E-state index is 12.2. The SMILES string of the molecule is O=S(=O)([O-])c1ccc(SOO[O-])c(Nc2nc(Nc3cccc(Nc4nc(Nc5cc(SOO[O-])ccc5S(=O)(=O)[O-])nc(N(CCO)CCO)n4)c3)nc(N(CCO)CCO)n2)c1.[Li+].[Li+].[Li+].[Li+]. The van der Waals surface area contributed by atoms with E-state index in [4.69, 9.17) is 0 Å². The van der Waals surface area contributed by atoms with Crippen molar-refractivity contribution in [3.05, 3.63) is 60.7 Å². The third kappa shape index (κ3) is 19.0. The molecule has 3 aromatic carbocycles. The van der Waals surface area contributed by atoms with Crippen LogP contribution >= 0.6 is 24.1 Å². The maximum atomic E-state index is 12.2. The minimum absolute atomic E-state index is 0. The third-order valence-corrected chi connectivity index (χ3v) is 10.9. The van der Waals surface area contributed by atoms with E-state index in [9.17, 15) is 56.9 Å². The zero-order chi connectivity index (χ0) is 46.3. The fourth-order valence-electron chi connectivity index (χ4n) is 5.33. The molecule has 0 bridgehead atoms. The number of benzene rings is 3. The van der Waals surface area contributed by atoms with Crippen molar-refractivity contribution in [1.82, 2.24) is 29.9 Å². The zero-order valence-electron chi connectivity index (χ0n) is 36.3. The van der Waals surface area contributed by atoms with Crippen LogP contribution in [0.25, 0.3) is 0 Å². The summed E-state index contributed by atoms with van der Waals surface area (Å²) >= 11 is 0.780. The number of nitrogens with one attached hydrogen (secondary N) is 4. The molecule has 36 heteroatoms. The van der Waals surface area contributed by atoms with Gasteiger partial charge in [-0.3, -0.25) is 10.1 Å². The van der Waals surface area contributed by atoms with Gasteiger partial charge in [-0.15, -0.1) is 0 Å². The Morgan fingerprint density at radius 1 is 0.544 bits per heavy atom. The second kappa shape index (κ2) is 30.7. The molecular weight excluding hydrogens is 964 g/mol. The van der Waals surface area contributed by atoms with Crippen LogP contribution < -0.4 is 117 Å². The molecule has 0 aliphatic rings. The molecule has 0 aliphatic heterocycles. The predicted octanol–water partition coefficient (Wildman–Crippen LogP) is -13.1. The van der Waals surface area contributed by atoms with E-state index in [2.05, 4.69) is 69.9 Å². The summed E-state index contributed by atoms with van der Waals surface area (Å²) in [6, 6.07) is 12.6. The minimum Gasteiger partial charge on any atom is -0.744 e. The molecule has 0 aliphatic carbocycles. The van der Waals surface area contributed by atoms with E-state index in [-0.39, 0.29) is 172 Å². The molecule has 5 rings (SSSR count). The minimum atomic E-state index is -5.09. The van der Waals surface area contributed by atoms with Crippen molar-refractivity contribution < 1.29 is 151 Å². The normalized spacial score (nSPS) is 10.9. The number of aliphatic hydroxyl groups excluding tert-OH is 4. The summed E-state index contributed by atoms with van der Waals surface area (Å²) in [6.07, 6.45) is 0.